The zero-order valence-electron chi connectivity index (χ0n) is 11.1. The average molecular weight is 279 g/mol. The third kappa shape index (κ3) is 2.78. The maximum Gasteiger partial charge on any atom is 0.257 e. The number of benzene rings is 1. The van der Waals surface area contributed by atoms with Crippen molar-refractivity contribution in [2.24, 2.45) is 0 Å². The summed E-state index contributed by atoms with van der Waals surface area (Å²) in [6, 6.07) is 5.52. The fourth-order valence-electron chi connectivity index (χ4n) is 2.23. The summed E-state index contributed by atoms with van der Waals surface area (Å²) in [5.41, 5.74) is -0.244. The highest BCUT2D eigenvalue weighted by Crippen LogP contribution is 2.15. The number of hydrogen-bond acceptors (Lipinski definition) is 3. The van der Waals surface area contributed by atoms with Crippen LogP contribution in [0.3, 0.4) is 0 Å². The molecular formula is C14H15F2N3O. The van der Waals surface area contributed by atoms with Crippen LogP contribution in [0.25, 0.3) is 0 Å². The predicted octanol–water partition coefficient (Wildman–Crippen LogP) is 1.63. The highest BCUT2D eigenvalue weighted by molar-refractivity contribution is 5.94. The van der Waals surface area contributed by atoms with Gasteiger partial charge in [-0.1, -0.05) is 6.07 Å². The van der Waals surface area contributed by atoms with E-state index in [4.69, 9.17) is 5.26 Å². The quantitative estimate of drug-likeness (QED) is 0.826. The standard InChI is InChI=1S/C14H15F2N3O/c1-10(9-17)18-5-7-19(8-6-18)14(20)11-3-2-4-12(15)13(11)16/h2-4,10H,5-8H2,1H3. The number of halogens is 2. The van der Waals surface area contributed by atoms with Gasteiger partial charge in [0.1, 0.15) is 0 Å². The molecule has 1 aliphatic rings. The monoisotopic (exact) mass is 279 g/mol. The summed E-state index contributed by atoms with van der Waals surface area (Å²) >= 11 is 0. The van der Waals surface area contributed by atoms with E-state index in [2.05, 4.69) is 6.07 Å². The van der Waals surface area contributed by atoms with Crippen LogP contribution in [0.4, 0.5) is 8.78 Å². The lowest BCUT2D eigenvalue weighted by atomic mass is 10.1. The molecule has 1 aromatic rings. The molecule has 106 valence electrons. The van der Waals surface area contributed by atoms with Crippen molar-refractivity contribution in [3.8, 4) is 6.07 Å². The molecule has 0 aliphatic carbocycles. The van der Waals surface area contributed by atoms with Gasteiger partial charge in [0, 0.05) is 26.2 Å². The summed E-state index contributed by atoms with van der Waals surface area (Å²) in [4.78, 5) is 15.6. The van der Waals surface area contributed by atoms with E-state index in [0.29, 0.717) is 26.2 Å². The molecule has 20 heavy (non-hydrogen) atoms. The number of hydrogen-bond donors (Lipinski definition) is 0. The van der Waals surface area contributed by atoms with E-state index < -0.39 is 17.5 Å². The van der Waals surface area contributed by atoms with Crippen LogP contribution in [0.15, 0.2) is 18.2 Å². The van der Waals surface area contributed by atoms with Gasteiger partial charge in [0.15, 0.2) is 11.6 Å². The lowest BCUT2D eigenvalue weighted by Gasteiger charge is -2.35. The first-order chi connectivity index (χ1) is 9.54. The van der Waals surface area contributed by atoms with Crippen LogP contribution < -0.4 is 0 Å². The Bertz CT molecular complexity index is 548. The van der Waals surface area contributed by atoms with Crippen LogP contribution in [0.1, 0.15) is 17.3 Å². The van der Waals surface area contributed by atoms with E-state index in [0.717, 1.165) is 6.07 Å². The summed E-state index contributed by atoms with van der Waals surface area (Å²) in [6.45, 7) is 3.71. The molecule has 1 aliphatic heterocycles. The molecular weight excluding hydrogens is 264 g/mol. The van der Waals surface area contributed by atoms with Crippen LogP contribution in [0.5, 0.6) is 0 Å². The summed E-state index contributed by atoms with van der Waals surface area (Å²) in [6.07, 6.45) is 0. The normalized spacial score (nSPS) is 17.6. The van der Waals surface area contributed by atoms with Gasteiger partial charge in [-0.05, 0) is 19.1 Å². The Labute approximate surface area is 116 Å². The van der Waals surface area contributed by atoms with Gasteiger partial charge >= 0.3 is 0 Å². The number of piperazine rings is 1. The number of amides is 1. The first-order valence-electron chi connectivity index (χ1n) is 6.41. The van der Waals surface area contributed by atoms with Crippen molar-refractivity contribution in [1.29, 1.82) is 5.26 Å². The number of nitrogens with zero attached hydrogens (tertiary/aromatic N) is 3. The van der Waals surface area contributed by atoms with Crippen LogP contribution >= 0.6 is 0 Å². The molecule has 0 spiro atoms. The Hall–Kier alpha value is -2.00. The molecule has 1 fully saturated rings. The van der Waals surface area contributed by atoms with Crippen LogP contribution in [0.2, 0.25) is 0 Å². The van der Waals surface area contributed by atoms with Crippen molar-refractivity contribution in [3.63, 3.8) is 0 Å². The van der Waals surface area contributed by atoms with Gasteiger partial charge in [-0.15, -0.1) is 0 Å². The maximum absolute atomic E-state index is 13.6. The SMILES string of the molecule is CC(C#N)N1CCN(C(=O)c2cccc(F)c2F)CC1. The molecule has 1 amide bonds. The highest BCUT2D eigenvalue weighted by atomic mass is 19.2. The van der Waals surface area contributed by atoms with Gasteiger partial charge in [0.2, 0.25) is 0 Å². The van der Waals surface area contributed by atoms with Crippen molar-refractivity contribution in [3.05, 3.63) is 35.4 Å². The van der Waals surface area contributed by atoms with Crippen molar-refractivity contribution in [2.75, 3.05) is 26.2 Å². The van der Waals surface area contributed by atoms with Crippen molar-refractivity contribution in [2.45, 2.75) is 13.0 Å². The summed E-state index contributed by atoms with van der Waals surface area (Å²) in [7, 11) is 0. The number of rotatable bonds is 2. The first-order valence-corrected chi connectivity index (χ1v) is 6.41. The van der Waals surface area contributed by atoms with E-state index in [1.165, 1.54) is 17.0 Å². The average Bonchev–Trinajstić information content (AvgIpc) is 2.48. The Kier molecular flexibility index (Phi) is 4.30. The lowest BCUT2D eigenvalue weighted by Crippen LogP contribution is -2.51. The van der Waals surface area contributed by atoms with Crippen molar-refractivity contribution in [1.82, 2.24) is 9.80 Å². The van der Waals surface area contributed by atoms with Gasteiger partial charge in [-0.3, -0.25) is 9.69 Å². The third-order valence-electron chi connectivity index (χ3n) is 3.52. The van der Waals surface area contributed by atoms with Gasteiger partial charge < -0.3 is 4.90 Å². The minimum absolute atomic E-state index is 0.210. The molecule has 1 saturated heterocycles. The smallest absolute Gasteiger partial charge is 0.257 e. The molecule has 0 bridgehead atoms. The van der Waals surface area contributed by atoms with E-state index in [-0.39, 0.29) is 11.6 Å². The Morgan fingerprint density at radius 3 is 2.55 bits per heavy atom. The molecule has 0 aromatic heterocycles. The molecule has 0 radical (unpaired) electrons. The van der Waals surface area contributed by atoms with Crippen LogP contribution in [-0.4, -0.2) is 47.9 Å². The minimum Gasteiger partial charge on any atom is -0.336 e. The Morgan fingerprint density at radius 2 is 1.95 bits per heavy atom. The summed E-state index contributed by atoms with van der Waals surface area (Å²) in [5, 5.41) is 8.84. The van der Waals surface area contributed by atoms with Gasteiger partial charge in [0.05, 0.1) is 17.7 Å². The van der Waals surface area contributed by atoms with E-state index in [1.54, 1.807) is 6.92 Å². The van der Waals surface area contributed by atoms with Gasteiger partial charge in [0.25, 0.3) is 5.91 Å². The molecule has 4 nitrogen and oxygen atoms in total. The molecule has 0 saturated carbocycles. The topological polar surface area (TPSA) is 47.3 Å². The van der Waals surface area contributed by atoms with Crippen LogP contribution in [0, 0.1) is 23.0 Å². The maximum atomic E-state index is 13.6. The predicted molar refractivity (Wildman–Crippen MR) is 68.9 cm³/mol. The fraction of sp³-hybridized carbons (Fsp3) is 0.429. The zero-order chi connectivity index (χ0) is 14.7. The number of carbonyl (C=O) groups is 1. The number of nitriles is 1. The second-order valence-corrected chi connectivity index (χ2v) is 4.73. The molecule has 0 N–H and O–H groups in total. The molecule has 1 heterocycles. The Balaban J connectivity index is 2.06. The lowest BCUT2D eigenvalue weighted by molar-refractivity contribution is 0.0610. The highest BCUT2D eigenvalue weighted by Gasteiger charge is 2.26. The summed E-state index contributed by atoms with van der Waals surface area (Å²) < 4.78 is 26.7. The van der Waals surface area contributed by atoms with Gasteiger partial charge in [-0.2, -0.15) is 5.26 Å². The van der Waals surface area contributed by atoms with Crippen molar-refractivity contribution >= 4 is 5.91 Å². The second-order valence-electron chi connectivity index (χ2n) is 4.73. The minimum atomic E-state index is -1.11. The molecule has 1 aromatic carbocycles. The van der Waals surface area contributed by atoms with E-state index >= 15 is 0 Å². The fourth-order valence-corrected chi connectivity index (χ4v) is 2.23. The van der Waals surface area contributed by atoms with Crippen molar-refractivity contribution < 1.29 is 13.6 Å². The van der Waals surface area contributed by atoms with E-state index in [9.17, 15) is 13.6 Å². The van der Waals surface area contributed by atoms with E-state index in [1.807, 2.05) is 4.90 Å². The van der Waals surface area contributed by atoms with Gasteiger partial charge in [-0.25, -0.2) is 8.78 Å². The largest absolute Gasteiger partial charge is 0.336 e. The third-order valence-corrected chi connectivity index (χ3v) is 3.52. The van der Waals surface area contributed by atoms with Crippen LogP contribution in [-0.2, 0) is 0 Å². The molecule has 1 unspecified atom stereocenters. The zero-order valence-corrected chi connectivity index (χ0v) is 11.1. The molecule has 1 atom stereocenters. The number of carbonyl (C=O) groups excluding carboxylic acids is 1. The molecule has 2 rings (SSSR count). The molecule has 6 heteroatoms. The second kappa shape index (κ2) is 5.97. The first kappa shape index (κ1) is 14.4. The summed E-state index contributed by atoms with van der Waals surface area (Å²) in [5.74, 6) is -2.64. The Morgan fingerprint density at radius 1 is 1.30 bits per heavy atom.